The summed E-state index contributed by atoms with van der Waals surface area (Å²) in [6, 6.07) is 7.32. The van der Waals surface area contributed by atoms with E-state index in [1.807, 2.05) is 19.1 Å². The van der Waals surface area contributed by atoms with E-state index >= 15 is 0 Å². The van der Waals surface area contributed by atoms with Crippen LogP contribution >= 0.6 is 0 Å². The predicted octanol–water partition coefficient (Wildman–Crippen LogP) is 2.57. The van der Waals surface area contributed by atoms with Crippen LogP contribution in [-0.2, 0) is 9.53 Å². The number of nitrogens with zero attached hydrogens (tertiary/aromatic N) is 1. The predicted molar refractivity (Wildman–Crippen MR) is 76.0 cm³/mol. The van der Waals surface area contributed by atoms with E-state index in [4.69, 9.17) is 4.74 Å². The molecule has 1 aromatic rings. The lowest BCUT2D eigenvalue weighted by Gasteiger charge is -2.22. The van der Waals surface area contributed by atoms with Gasteiger partial charge in [0.1, 0.15) is 5.60 Å². The molecule has 0 aliphatic carbocycles. The Hall–Kier alpha value is -1.68. The molecule has 1 amide bonds. The van der Waals surface area contributed by atoms with Crippen LogP contribution in [0.1, 0.15) is 43.0 Å². The summed E-state index contributed by atoms with van der Waals surface area (Å²) in [5, 5.41) is 0. The lowest BCUT2D eigenvalue weighted by Crippen LogP contribution is -2.34. The van der Waals surface area contributed by atoms with E-state index < -0.39 is 5.60 Å². The van der Waals surface area contributed by atoms with E-state index in [9.17, 15) is 9.59 Å². The van der Waals surface area contributed by atoms with Gasteiger partial charge >= 0.3 is 0 Å². The van der Waals surface area contributed by atoms with Crippen LogP contribution in [0, 0.1) is 0 Å². The maximum Gasteiger partial charge on any atom is 0.227 e. The van der Waals surface area contributed by atoms with Gasteiger partial charge in [0.15, 0.2) is 5.78 Å². The summed E-state index contributed by atoms with van der Waals surface area (Å²) in [6.45, 7) is 3.29. The van der Waals surface area contributed by atoms with Crippen LogP contribution in [0.2, 0.25) is 0 Å². The third-order valence-corrected chi connectivity index (χ3v) is 4.21. The summed E-state index contributed by atoms with van der Waals surface area (Å²) < 4.78 is 5.59. The number of anilines is 1. The van der Waals surface area contributed by atoms with Crippen molar-refractivity contribution in [1.82, 2.24) is 0 Å². The van der Waals surface area contributed by atoms with Gasteiger partial charge in [-0.2, -0.15) is 0 Å². The largest absolute Gasteiger partial charge is 0.367 e. The van der Waals surface area contributed by atoms with E-state index in [1.54, 1.807) is 17.0 Å². The smallest absolute Gasteiger partial charge is 0.227 e. The van der Waals surface area contributed by atoms with E-state index in [1.165, 1.54) is 0 Å². The Kier molecular flexibility index (Phi) is 3.34. The van der Waals surface area contributed by atoms with Gasteiger partial charge < -0.3 is 9.64 Å². The molecule has 0 radical (unpaired) electrons. The van der Waals surface area contributed by atoms with E-state index in [0.717, 1.165) is 31.5 Å². The third-order valence-electron chi connectivity index (χ3n) is 4.21. The Morgan fingerprint density at radius 3 is 2.55 bits per heavy atom. The summed E-state index contributed by atoms with van der Waals surface area (Å²) in [4.78, 5) is 25.9. The molecule has 4 heteroatoms. The number of amides is 1. The summed E-state index contributed by atoms with van der Waals surface area (Å²) >= 11 is 0. The van der Waals surface area contributed by atoms with Crippen LogP contribution < -0.4 is 4.90 Å². The number of hydrogen-bond acceptors (Lipinski definition) is 3. The number of Topliss-reactive ketones (excluding diaryl/α,β-unsaturated/α-hetero) is 1. The molecule has 2 aliphatic heterocycles. The first-order valence-electron chi connectivity index (χ1n) is 7.19. The van der Waals surface area contributed by atoms with Gasteiger partial charge in [0.2, 0.25) is 5.91 Å². The molecule has 1 unspecified atom stereocenters. The average Bonchev–Trinajstić information content (AvgIpc) is 3.08. The van der Waals surface area contributed by atoms with Crippen LogP contribution in [0.25, 0.3) is 0 Å². The monoisotopic (exact) mass is 273 g/mol. The van der Waals surface area contributed by atoms with Crippen molar-refractivity contribution in [2.24, 2.45) is 0 Å². The second kappa shape index (κ2) is 5.02. The average molecular weight is 273 g/mol. The Bertz CT molecular complexity index is 529. The van der Waals surface area contributed by atoms with Gasteiger partial charge in [0, 0.05) is 30.8 Å². The van der Waals surface area contributed by atoms with Crippen molar-refractivity contribution >= 4 is 17.4 Å². The maximum atomic E-state index is 12.5. The molecule has 3 rings (SSSR count). The molecule has 2 fully saturated rings. The summed E-state index contributed by atoms with van der Waals surface area (Å²) in [5.41, 5.74) is 0.858. The molecule has 2 heterocycles. The zero-order valence-electron chi connectivity index (χ0n) is 11.7. The Labute approximate surface area is 118 Å². The highest BCUT2D eigenvalue weighted by Crippen LogP contribution is 2.30. The highest BCUT2D eigenvalue weighted by molar-refractivity contribution is 6.03. The molecule has 0 saturated carbocycles. The number of benzene rings is 1. The topological polar surface area (TPSA) is 46.6 Å². The molecule has 4 nitrogen and oxygen atoms in total. The third kappa shape index (κ3) is 2.24. The minimum atomic E-state index is -0.676. The summed E-state index contributed by atoms with van der Waals surface area (Å²) in [7, 11) is 0. The van der Waals surface area contributed by atoms with Crippen LogP contribution in [0.4, 0.5) is 5.69 Å². The SMILES string of the molecule is CC1(C(=O)c2ccc(N3CCCC3=O)cc2)CCCO1. The quantitative estimate of drug-likeness (QED) is 0.795. The summed E-state index contributed by atoms with van der Waals surface area (Å²) in [5.74, 6) is 0.199. The molecule has 106 valence electrons. The van der Waals surface area contributed by atoms with Gasteiger partial charge in [-0.1, -0.05) is 0 Å². The Balaban J connectivity index is 1.79. The lowest BCUT2D eigenvalue weighted by atomic mass is 9.92. The van der Waals surface area contributed by atoms with Gasteiger partial charge in [-0.05, 0) is 50.5 Å². The molecule has 1 aromatic carbocycles. The number of carbonyl (C=O) groups excluding carboxylic acids is 2. The lowest BCUT2D eigenvalue weighted by molar-refractivity contribution is -0.117. The molecule has 0 N–H and O–H groups in total. The Morgan fingerprint density at radius 1 is 1.25 bits per heavy atom. The van der Waals surface area contributed by atoms with Gasteiger partial charge in [-0.3, -0.25) is 9.59 Å². The molecule has 20 heavy (non-hydrogen) atoms. The van der Waals surface area contributed by atoms with Crippen molar-refractivity contribution in [3.8, 4) is 0 Å². The maximum absolute atomic E-state index is 12.5. The highest BCUT2D eigenvalue weighted by Gasteiger charge is 2.38. The van der Waals surface area contributed by atoms with Gasteiger partial charge in [-0.25, -0.2) is 0 Å². The minimum Gasteiger partial charge on any atom is -0.367 e. The molecule has 1 atom stereocenters. The fraction of sp³-hybridized carbons (Fsp3) is 0.500. The first-order valence-corrected chi connectivity index (χ1v) is 7.19. The second-order valence-electron chi connectivity index (χ2n) is 5.71. The summed E-state index contributed by atoms with van der Waals surface area (Å²) in [6.07, 6.45) is 3.23. The number of hydrogen-bond donors (Lipinski definition) is 0. The number of ether oxygens (including phenoxy) is 1. The standard InChI is InChI=1S/C16H19NO3/c1-16(9-3-11-20-16)15(19)12-5-7-13(8-6-12)17-10-2-4-14(17)18/h5-8H,2-4,9-11H2,1H3. The van der Waals surface area contributed by atoms with Crippen molar-refractivity contribution in [3.05, 3.63) is 29.8 Å². The van der Waals surface area contributed by atoms with Crippen LogP contribution in [-0.4, -0.2) is 30.4 Å². The molecule has 0 bridgehead atoms. The van der Waals surface area contributed by atoms with Crippen LogP contribution in [0.5, 0.6) is 0 Å². The van der Waals surface area contributed by atoms with E-state index in [0.29, 0.717) is 18.6 Å². The molecule has 0 aromatic heterocycles. The normalized spacial score (nSPS) is 26.2. The van der Waals surface area contributed by atoms with Gasteiger partial charge in [0.05, 0.1) is 0 Å². The number of rotatable bonds is 3. The molecular weight excluding hydrogens is 254 g/mol. The first kappa shape index (κ1) is 13.3. The van der Waals surface area contributed by atoms with Gasteiger partial charge in [0.25, 0.3) is 0 Å². The van der Waals surface area contributed by atoms with Crippen molar-refractivity contribution < 1.29 is 14.3 Å². The Morgan fingerprint density at radius 2 is 2.00 bits per heavy atom. The highest BCUT2D eigenvalue weighted by atomic mass is 16.5. The fourth-order valence-corrected chi connectivity index (χ4v) is 2.98. The van der Waals surface area contributed by atoms with Crippen molar-refractivity contribution in [3.63, 3.8) is 0 Å². The van der Waals surface area contributed by atoms with Crippen LogP contribution in [0.3, 0.4) is 0 Å². The van der Waals surface area contributed by atoms with E-state index in [2.05, 4.69) is 0 Å². The molecular formula is C16H19NO3. The zero-order chi connectivity index (χ0) is 14.2. The van der Waals surface area contributed by atoms with E-state index in [-0.39, 0.29) is 11.7 Å². The first-order chi connectivity index (χ1) is 9.60. The number of ketones is 1. The number of carbonyl (C=O) groups is 2. The van der Waals surface area contributed by atoms with Crippen LogP contribution in [0.15, 0.2) is 24.3 Å². The zero-order valence-corrected chi connectivity index (χ0v) is 11.7. The molecule has 0 spiro atoms. The molecule has 2 aliphatic rings. The minimum absolute atomic E-state index is 0.0364. The second-order valence-corrected chi connectivity index (χ2v) is 5.71. The molecule has 2 saturated heterocycles. The van der Waals surface area contributed by atoms with Crippen molar-refractivity contribution in [1.29, 1.82) is 0 Å². The van der Waals surface area contributed by atoms with Crippen molar-refractivity contribution in [2.75, 3.05) is 18.1 Å². The van der Waals surface area contributed by atoms with Crippen molar-refractivity contribution in [2.45, 2.75) is 38.2 Å². The fourth-order valence-electron chi connectivity index (χ4n) is 2.98. The van der Waals surface area contributed by atoms with Gasteiger partial charge in [-0.15, -0.1) is 0 Å².